The van der Waals surface area contributed by atoms with Gasteiger partial charge in [0, 0.05) is 4.80 Å². The third-order valence-electron chi connectivity index (χ3n) is 6.11. The lowest BCUT2D eigenvalue weighted by Crippen LogP contribution is -2.43. The Kier molecular flexibility index (Phi) is 6.25. The molecule has 0 aliphatic carbocycles. The largest absolute Gasteiger partial charge is 0.489 e. The van der Waals surface area contributed by atoms with Crippen LogP contribution in [0.5, 0.6) is 5.75 Å². The normalized spacial score (nSPS) is 10.8. The van der Waals surface area contributed by atoms with Gasteiger partial charge in [0.2, 0.25) is 0 Å². The maximum absolute atomic E-state index is 5.97. The molecule has 0 unspecified atom stereocenters. The lowest BCUT2D eigenvalue weighted by atomic mass is 10.0. The first-order chi connectivity index (χ1) is 18.3. The molecule has 6 rings (SSSR count). The number of hydrogen-bond donors (Lipinski definition) is 0. The molecule has 0 amide bonds. The molecular formula is C32H25N4O+. The van der Waals surface area contributed by atoms with Crippen molar-refractivity contribution >= 4 is 0 Å². The van der Waals surface area contributed by atoms with Gasteiger partial charge in [-0.15, -0.1) is 0 Å². The standard InChI is InChI=1S/C32H25N4O/c1-4-10-25(11-5-1)24-37-31-22-20-30(21-23-31)36-34-32(33-35(36)29-14-8-3-9-15-29)28-18-16-27(17-19-28)26-12-6-2-7-13-26/h1-23H,24H2/q+1. The van der Waals surface area contributed by atoms with Crippen molar-refractivity contribution in [3.8, 4) is 39.6 Å². The lowest BCUT2D eigenvalue weighted by Gasteiger charge is -2.06. The molecule has 0 spiro atoms. The van der Waals surface area contributed by atoms with Crippen LogP contribution in [0.2, 0.25) is 0 Å². The van der Waals surface area contributed by atoms with E-state index in [1.54, 1.807) is 0 Å². The summed E-state index contributed by atoms with van der Waals surface area (Å²) in [5.41, 5.74) is 6.23. The van der Waals surface area contributed by atoms with Crippen molar-refractivity contribution in [3.05, 3.63) is 145 Å². The Hall–Kier alpha value is -5.03. The van der Waals surface area contributed by atoms with Gasteiger partial charge in [0.05, 0.1) is 10.7 Å². The fraction of sp³-hybridized carbons (Fsp3) is 0.0312. The Morgan fingerprint density at radius 1 is 0.568 bits per heavy atom. The summed E-state index contributed by atoms with van der Waals surface area (Å²) in [7, 11) is 0. The number of nitrogens with zero attached hydrogens (tertiary/aromatic N) is 4. The van der Waals surface area contributed by atoms with E-state index in [2.05, 4.69) is 48.5 Å². The number of aromatic nitrogens is 4. The van der Waals surface area contributed by atoms with Crippen LogP contribution in [-0.4, -0.2) is 15.0 Å². The van der Waals surface area contributed by atoms with E-state index < -0.39 is 0 Å². The number of rotatable bonds is 7. The molecule has 0 bridgehead atoms. The lowest BCUT2D eigenvalue weighted by molar-refractivity contribution is -0.734. The predicted molar refractivity (Wildman–Crippen MR) is 145 cm³/mol. The van der Waals surface area contributed by atoms with Crippen molar-refractivity contribution in [1.29, 1.82) is 0 Å². The molecule has 6 aromatic rings. The van der Waals surface area contributed by atoms with Crippen LogP contribution in [0.25, 0.3) is 33.9 Å². The number of benzene rings is 5. The summed E-state index contributed by atoms with van der Waals surface area (Å²) < 4.78 is 5.97. The molecule has 1 heterocycles. The minimum Gasteiger partial charge on any atom is -0.489 e. The molecule has 0 saturated carbocycles. The van der Waals surface area contributed by atoms with Gasteiger partial charge in [-0.25, -0.2) is 0 Å². The molecule has 0 aliphatic heterocycles. The average molecular weight is 482 g/mol. The molecule has 1 aromatic heterocycles. The van der Waals surface area contributed by atoms with E-state index in [0.29, 0.717) is 12.4 Å². The minimum atomic E-state index is 0.524. The van der Waals surface area contributed by atoms with Crippen LogP contribution in [0.4, 0.5) is 0 Å². The molecule has 0 aliphatic rings. The van der Waals surface area contributed by atoms with E-state index in [1.807, 2.05) is 101 Å². The number of ether oxygens (including phenoxy) is 1. The van der Waals surface area contributed by atoms with Crippen LogP contribution in [0.3, 0.4) is 0 Å². The molecule has 5 aromatic carbocycles. The highest BCUT2D eigenvalue weighted by Crippen LogP contribution is 2.23. The Morgan fingerprint density at radius 3 is 1.81 bits per heavy atom. The van der Waals surface area contributed by atoms with Crippen molar-refractivity contribution < 1.29 is 9.53 Å². The van der Waals surface area contributed by atoms with E-state index in [9.17, 15) is 0 Å². The van der Waals surface area contributed by atoms with Crippen LogP contribution in [0.15, 0.2) is 140 Å². The summed E-state index contributed by atoms with van der Waals surface area (Å²) in [5.74, 6) is 1.45. The molecule has 5 heteroatoms. The zero-order valence-corrected chi connectivity index (χ0v) is 20.2. The molecule has 5 nitrogen and oxygen atoms in total. The molecule has 0 saturated heterocycles. The first kappa shape index (κ1) is 22.4. The highest BCUT2D eigenvalue weighted by molar-refractivity contribution is 5.67. The molecule has 0 atom stereocenters. The summed E-state index contributed by atoms with van der Waals surface area (Å²) in [6, 6.07) is 46.8. The topological polar surface area (TPSA) is 43.8 Å². The summed E-state index contributed by atoms with van der Waals surface area (Å²) in [5, 5.41) is 9.75. The van der Waals surface area contributed by atoms with Gasteiger partial charge in [0.1, 0.15) is 18.0 Å². The fourth-order valence-electron chi connectivity index (χ4n) is 4.15. The van der Waals surface area contributed by atoms with Gasteiger partial charge in [-0.3, -0.25) is 0 Å². The van der Waals surface area contributed by atoms with E-state index >= 15 is 0 Å². The van der Waals surface area contributed by atoms with Gasteiger partial charge in [-0.05, 0) is 75.1 Å². The highest BCUT2D eigenvalue weighted by atomic mass is 16.5. The van der Waals surface area contributed by atoms with Gasteiger partial charge in [0.15, 0.2) is 5.69 Å². The molecule has 0 radical (unpaired) electrons. The van der Waals surface area contributed by atoms with Gasteiger partial charge in [0.25, 0.3) is 0 Å². The molecular weight excluding hydrogens is 456 g/mol. The van der Waals surface area contributed by atoms with Crippen molar-refractivity contribution in [2.45, 2.75) is 6.61 Å². The minimum absolute atomic E-state index is 0.524. The predicted octanol–water partition coefficient (Wildman–Crippen LogP) is 6.46. The Balaban J connectivity index is 1.31. The Morgan fingerprint density at radius 2 is 1.14 bits per heavy atom. The quantitative estimate of drug-likeness (QED) is 0.246. The van der Waals surface area contributed by atoms with Crippen LogP contribution in [0.1, 0.15) is 5.56 Å². The monoisotopic (exact) mass is 481 g/mol. The average Bonchev–Trinajstić information content (AvgIpc) is 3.44. The van der Waals surface area contributed by atoms with Crippen molar-refractivity contribution in [2.75, 3.05) is 0 Å². The van der Waals surface area contributed by atoms with Crippen molar-refractivity contribution in [2.24, 2.45) is 0 Å². The zero-order valence-electron chi connectivity index (χ0n) is 20.2. The third kappa shape index (κ3) is 5.02. The molecule has 0 N–H and O–H groups in total. The smallest absolute Gasteiger partial charge is 0.340 e. The SMILES string of the molecule is c1ccc(COc2ccc(-[n+]3nc(-c4ccc(-c5ccccc5)cc4)nn3-c3ccccc3)cc2)cc1. The van der Waals surface area contributed by atoms with Crippen LogP contribution in [-0.2, 0) is 6.61 Å². The Labute approximate surface area is 215 Å². The third-order valence-corrected chi connectivity index (χ3v) is 6.11. The number of hydrogen-bond acceptors (Lipinski definition) is 3. The first-order valence-electron chi connectivity index (χ1n) is 12.2. The summed E-state index contributed by atoms with van der Waals surface area (Å²) in [6.45, 7) is 0.524. The van der Waals surface area contributed by atoms with E-state index in [0.717, 1.165) is 33.8 Å². The zero-order chi connectivity index (χ0) is 24.9. The summed E-state index contributed by atoms with van der Waals surface area (Å²) in [4.78, 5) is 3.64. The molecule has 178 valence electrons. The number of tetrazole rings is 1. The maximum Gasteiger partial charge on any atom is 0.340 e. The van der Waals surface area contributed by atoms with Crippen molar-refractivity contribution in [1.82, 2.24) is 15.0 Å². The molecule has 0 fully saturated rings. The Bertz CT molecular complexity index is 1580. The van der Waals surface area contributed by atoms with Crippen LogP contribution >= 0.6 is 0 Å². The number of para-hydroxylation sites is 1. The van der Waals surface area contributed by atoms with E-state index in [1.165, 1.54) is 5.56 Å². The second-order valence-corrected chi connectivity index (χ2v) is 8.65. The van der Waals surface area contributed by atoms with Gasteiger partial charge in [-0.1, -0.05) is 91.0 Å². The van der Waals surface area contributed by atoms with E-state index in [-0.39, 0.29) is 0 Å². The first-order valence-corrected chi connectivity index (χ1v) is 12.2. The highest BCUT2D eigenvalue weighted by Gasteiger charge is 2.23. The van der Waals surface area contributed by atoms with Crippen LogP contribution in [0, 0.1) is 0 Å². The van der Waals surface area contributed by atoms with Crippen LogP contribution < -0.4 is 9.53 Å². The molecule has 37 heavy (non-hydrogen) atoms. The van der Waals surface area contributed by atoms with E-state index in [4.69, 9.17) is 14.9 Å². The van der Waals surface area contributed by atoms with Crippen molar-refractivity contribution in [3.63, 3.8) is 0 Å². The summed E-state index contributed by atoms with van der Waals surface area (Å²) >= 11 is 0. The second-order valence-electron chi connectivity index (χ2n) is 8.65. The maximum atomic E-state index is 5.97. The fourth-order valence-corrected chi connectivity index (χ4v) is 4.15. The summed E-state index contributed by atoms with van der Waals surface area (Å²) in [6.07, 6.45) is 0. The second kappa shape index (κ2) is 10.3. The van der Waals surface area contributed by atoms with Gasteiger partial charge in [-0.2, -0.15) is 0 Å². The van der Waals surface area contributed by atoms with Gasteiger partial charge < -0.3 is 4.74 Å². The van der Waals surface area contributed by atoms with Gasteiger partial charge >= 0.3 is 5.82 Å².